The van der Waals surface area contributed by atoms with Gasteiger partial charge in [-0.05, 0) is 32.9 Å². The molecule has 0 aromatic rings. The number of rotatable bonds is 5. The second kappa shape index (κ2) is 10.8. The van der Waals surface area contributed by atoms with Gasteiger partial charge in [0, 0.05) is 57.6 Å². The van der Waals surface area contributed by atoms with Crippen LogP contribution in [0.25, 0.3) is 0 Å². The minimum Gasteiger partial charge on any atom is -0.355 e. The van der Waals surface area contributed by atoms with E-state index < -0.39 is 0 Å². The fourth-order valence-electron chi connectivity index (χ4n) is 3.07. The molecule has 2 aliphatic heterocycles. The molecule has 1 amide bonds. The average molecular weight is 483 g/mol. The first kappa shape index (κ1) is 22.8. The van der Waals surface area contributed by atoms with E-state index >= 15 is 0 Å². The van der Waals surface area contributed by atoms with E-state index in [0.717, 1.165) is 64.6 Å². The number of nitrogens with zero attached hydrogens (tertiary/aromatic N) is 4. The zero-order chi connectivity index (χ0) is 17.6. The molecule has 0 aromatic carbocycles. The van der Waals surface area contributed by atoms with Crippen LogP contribution in [0.1, 0.15) is 26.7 Å². The molecule has 2 fully saturated rings. The molecule has 0 unspecified atom stereocenters. The molecule has 0 spiro atoms. The lowest BCUT2D eigenvalue weighted by molar-refractivity contribution is -0.131. The summed E-state index contributed by atoms with van der Waals surface area (Å²) >= 11 is 1.86. The number of amides is 1. The first-order valence-electron chi connectivity index (χ1n) is 8.96. The van der Waals surface area contributed by atoms with Gasteiger partial charge in [-0.3, -0.25) is 14.7 Å². The summed E-state index contributed by atoms with van der Waals surface area (Å²) in [5.74, 6) is 1.27. The average Bonchev–Trinajstić information content (AvgIpc) is 3.11. The molecule has 0 aliphatic carbocycles. The van der Waals surface area contributed by atoms with E-state index in [4.69, 9.17) is 0 Å². The molecule has 6 nitrogen and oxygen atoms in total. The molecule has 0 saturated carbocycles. The number of aliphatic imine (C=N–C) groups is 1. The lowest BCUT2D eigenvalue weighted by Crippen LogP contribution is -2.55. The summed E-state index contributed by atoms with van der Waals surface area (Å²) < 4.78 is 0.194. The third kappa shape index (κ3) is 7.13. The van der Waals surface area contributed by atoms with Gasteiger partial charge >= 0.3 is 0 Å². The van der Waals surface area contributed by atoms with Crippen LogP contribution in [0.2, 0.25) is 0 Å². The van der Waals surface area contributed by atoms with Crippen molar-refractivity contribution in [1.82, 2.24) is 20.0 Å². The number of carbonyl (C=O) groups is 1. The summed E-state index contributed by atoms with van der Waals surface area (Å²) in [6, 6.07) is 0. The van der Waals surface area contributed by atoms with Gasteiger partial charge in [0.05, 0.1) is 6.54 Å². The van der Waals surface area contributed by atoms with E-state index in [9.17, 15) is 4.79 Å². The molecule has 25 heavy (non-hydrogen) atoms. The maximum absolute atomic E-state index is 12.3. The minimum absolute atomic E-state index is 0. The van der Waals surface area contributed by atoms with Gasteiger partial charge < -0.3 is 15.1 Å². The van der Waals surface area contributed by atoms with Crippen molar-refractivity contribution in [2.75, 3.05) is 65.7 Å². The van der Waals surface area contributed by atoms with Crippen molar-refractivity contribution in [3.8, 4) is 0 Å². The minimum atomic E-state index is 0. The van der Waals surface area contributed by atoms with Crippen molar-refractivity contribution in [2.24, 2.45) is 4.99 Å². The number of nitrogens with one attached hydrogen (secondary N) is 1. The van der Waals surface area contributed by atoms with Crippen LogP contribution in [0.4, 0.5) is 0 Å². The largest absolute Gasteiger partial charge is 0.355 e. The first-order chi connectivity index (χ1) is 11.4. The van der Waals surface area contributed by atoms with Crippen molar-refractivity contribution in [2.45, 2.75) is 31.4 Å². The third-order valence-corrected chi connectivity index (χ3v) is 6.18. The lowest BCUT2D eigenvalue weighted by Gasteiger charge is -2.37. The lowest BCUT2D eigenvalue weighted by atomic mass is 10.2. The van der Waals surface area contributed by atoms with Crippen LogP contribution in [0, 0.1) is 0 Å². The van der Waals surface area contributed by atoms with E-state index in [1.807, 2.05) is 23.7 Å². The second-order valence-corrected chi connectivity index (χ2v) is 8.73. The Morgan fingerprint density at radius 1 is 1.08 bits per heavy atom. The Morgan fingerprint density at radius 2 is 1.68 bits per heavy atom. The van der Waals surface area contributed by atoms with Crippen molar-refractivity contribution in [3.05, 3.63) is 0 Å². The number of thioether (sulfide) groups is 1. The summed E-state index contributed by atoms with van der Waals surface area (Å²) in [6.45, 7) is 11.5. The zero-order valence-electron chi connectivity index (χ0n) is 16.1. The van der Waals surface area contributed by atoms with E-state index in [1.165, 1.54) is 0 Å². The van der Waals surface area contributed by atoms with Crippen molar-refractivity contribution < 1.29 is 4.79 Å². The number of hydrogen-bond donors (Lipinski definition) is 1. The van der Waals surface area contributed by atoms with Gasteiger partial charge in [0.2, 0.25) is 5.91 Å². The van der Waals surface area contributed by atoms with Crippen molar-refractivity contribution >= 4 is 47.6 Å². The molecule has 2 heterocycles. The standard InChI is InChI=1S/C17H33N5OS.HI/c1-17(2,24-4)14-19-16(18-3)22-11-9-20(10-12-22)13-15(23)21-7-5-6-8-21;/h5-14H2,1-4H3,(H,18,19);1H. The molecule has 2 saturated heterocycles. The zero-order valence-corrected chi connectivity index (χ0v) is 19.2. The quantitative estimate of drug-likeness (QED) is 0.366. The number of likely N-dealkylation sites (tertiary alicyclic amines) is 1. The molecule has 0 atom stereocenters. The van der Waals surface area contributed by atoms with Crippen LogP contribution in [-0.4, -0.2) is 97.0 Å². The van der Waals surface area contributed by atoms with Gasteiger partial charge in [0.1, 0.15) is 0 Å². The number of piperazine rings is 1. The molecule has 2 rings (SSSR count). The van der Waals surface area contributed by atoms with E-state index in [0.29, 0.717) is 12.5 Å². The van der Waals surface area contributed by atoms with Crippen LogP contribution in [-0.2, 0) is 4.79 Å². The van der Waals surface area contributed by atoms with Gasteiger partial charge in [0.15, 0.2) is 5.96 Å². The highest BCUT2D eigenvalue weighted by molar-refractivity contribution is 14.0. The fraction of sp³-hybridized carbons (Fsp3) is 0.882. The predicted octanol–water partition coefficient (Wildman–Crippen LogP) is 1.56. The van der Waals surface area contributed by atoms with Crippen molar-refractivity contribution in [3.63, 3.8) is 0 Å². The molecule has 8 heteroatoms. The van der Waals surface area contributed by atoms with Crippen LogP contribution in [0.3, 0.4) is 0 Å². The molecule has 0 radical (unpaired) electrons. The highest BCUT2D eigenvalue weighted by atomic mass is 127. The summed E-state index contributed by atoms with van der Waals surface area (Å²) in [5.41, 5.74) is 0. The van der Waals surface area contributed by atoms with Crippen molar-refractivity contribution in [1.29, 1.82) is 0 Å². The Bertz CT molecular complexity index is 446. The van der Waals surface area contributed by atoms with Gasteiger partial charge in [0.25, 0.3) is 0 Å². The first-order valence-corrected chi connectivity index (χ1v) is 10.2. The summed E-state index contributed by atoms with van der Waals surface area (Å²) in [5, 5.41) is 3.49. The fourth-order valence-corrected chi connectivity index (χ4v) is 3.29. The van der Waals surface area contributed by atoms with Crippen LogP contribution < -0.4 is 5.32 Å². The maximum atomic E-state index is 12.3. The normalized spacial score (nSPS) is 19.8. The van der Waals surface area contributed by atoms with Crippen LogP contribution in [0.15, 0.2) is 4.99 Å². The van der Waals surface area contributed by atoms with Gasteiger partial charge in [-0.1, -0.05) is 0 Å². The van der Waals surface area contributed by atoms with Crippen LogP contribution >= 0.6 is 35.7 Å². The smallest absolute Gasteiger partial charge is 0.236 e. The number of halogens is 1. The Balaban J connectivity index is 0.00000312. The second-order valence-electron chi connectivity index (χ2n) is 7.22. The summed E-state index contributed by atoms with van der Waals surface area (Å²) in [7, 11) is 1.84. The predicted molar refractivity (Wildman–Crippen MR) is 118 cm³/mol. The molecule has 2 aliphatic rings. The molecular formula is C17H34IN5OS. The SMILES string of the molecule is CN=C(NCC(C)(C)SC)N1CCN(CC(=O)N2CCCC2)CC1.I. The van der Waals surface area contributed by atoms with E-state index in [2.05, 4.69) is 40.2 Å². The number of guanidine groups is 1. The molecule has 146 valence electrons. The number of carbonyl (C=O) groups excluding carboxylic acids is 1. The third-order valence-electron chi connectivity index (χ3n) is 4.93. The van der Waals surface area contributed by atoms with Gasteiger partial charge in [-0.25, -0.2) is 0 Å². The molecule has 0 aromatic heterocycles. The topological polar surface area (TPSA) is 51.2 Å². The Hall–Kier alpha value is -0.220. The highest BCUT2D eigenvalue weighted by Crippen LogP contribution is 2.19. The highest BCUT2D eigenvalue weighted by Gasteiger charge is 2.25. The van der Waals surface area contributed by atoms with Crippen LogP contribution in [0.5, 0.6) is 0 Å². The van der Waals surface area contributed by atoms with E-state index in [1.54, 1.807) is 0 Å². The van der Waals surface area contributed by atoms with Gasteiger partial charge in [-0.2, -0.15) is 11.8 Å². The Labute approximate surface area is 174 Å². The molecule has 1 N–H and O–H groups in total. The monoisotopic (exact) mass is 483 g/mol. The maximum Gasteiger partial charge on any atom is 0.236 e. The molecular weight excluding hydrogens is 449 g/mol. The molecule has 0 bridgehead atoms. The number of hydrogen-bond acceptors (Lipinski definition) is 4. The van der Waals surface area contributed by atoms with Gasteiger partial charge in [-0.15, -0.1) is 24.0 Å². The Kier molecular flexibility index (Phi) is 9.87. The summed E-state index contributed by atoms with van der Waals surface area (Å²) in [6.07, 6.45) is 4.46. The Morgan fingerprint density at radius 3 is 2.20 bits per heavy atom. The van der Waals surface area contributed by atoms with E-state index in [-0.39, 0.29) is 28.7 Å². The summed E-state index contributed by atoms with van der Waals surface area (Å²) in [4.78, 5) is 23.3.